The van der Waals surface area contributed by atoms with Gasteiger partial charge in [-0.3, -0.25) is 4.79 Å². The minimum absolute atomic E-state index is 0.0495. The van der Waals surface area contributed by atoms with Crippen molar-refractivity contribution in [3.8, 4) is 11.6 Å². The number of carboxylic acid groups (broad SMARTS) is 1. The quantitative estimate of drug-likeness (QED) is 0.347. The van der Waals surface area contributed by atoms with Gasteiger partial charge >= 0.3 is 5.97 Å². The molecule has 0 saturated carbocycles. The van der Waals surface area contributed by atoms with E-state index in [0.717, 1.165) is 25.1 Å². The molecule has 9 nitrogen and oxygen atoms in total. The molecule has 0 radical (unpaired) electrons. The number of carboxylic acids is 1. The molecule has 36 heavy (non-hydrogen) atoms. The van der Waals surface area contributed by atoms with Gasteiger partial charge in [0.15, 0.2) is 0 Å². The fourth-order valence-corrected chi connectivity index (χ4v) is 5.19. The van der Waals surface area contributed by atoms with Crippen LogP contribution in [0.5, 0.6) is 5.88 Å². The van der Waals surface area contributed by atoms with Crippen molar-refractivity contribution in [3.05, 3.63) is 80.3 Å². The van der Waals surface area contributed by atoms with Gasteiger partial charge in [-0.25, -0.2) is 14.8 Å². The number of halogens is 2. The van der Waals surface area contributed by atoms with Gasteiger partial charge < -0.3 is 25.0 Å². The number of hydrogen-bond donors (Lipinski definition) is 2. The van der Waals surface area contributed by atoms with Gasteiger partial charge in [-0.1, -0.05) is 11.6 Å². The Morgan fingerprint density at radius 3 is 2.83 bits per heavy atom. The smallest absolute Gasteiger partial charge is 0.341 e. The van der Waals surface area contributed by atoms with Crippen LogP contribution in [0.15, 0.2) is 64.3 Å². The van der Waals surface area contributed by atoms with Crippen LogP contribution in [0, 0.1) is 0 Å². The van der Waals surface area contributed by atoms with E-state index in [1.54, 1.807) is 41.1 Å². The Kier molecular flexibility index (Phi) is 6.55. The Morgan fingerprint density at radius 2 is 2.11 bits per heavy atom. The van der Waals surface area contributed by atoms with Crippen LogP contribution in [0.2, 0.25) is 5.02 Å². The summed E-state index contributed by atoms with van der Waals surface area (Å²) >= 11 is 9.80. The number of aromatic nitrogens is 3. The molecule has 1 fully saturated rings. The number of nitrogens with zero attached hydrogens (tertiary/aromatic N) is 4. The van der Waals surface area contributed by atoms with E-state index >= 15 is 0 Å². The molecule has 0 aliphatic carbocycles. The van der Waals surface area contributed by atoms with Gasteiger partial charge in [-0.2, -0.15) is 0 Å². The van der Waals surface area contributed by atoms with Crippen molar-refractivity contribution < 1.29 is 14.6 Å². The van der Waals surface area contributed by atoms with Crippen molar-refractivity contribution in [2.45, 2.75) is 18.9 Å². The van der Waals surface area contributed by atoms with E-state index in [1.807, 2.05) is 6.07 Å². The van der Waals surface area contributed by atoms with Gasteiger partial charge in [0.25, 0.3) is 0 Å². The largest absolute Gasteiger partial charge is 0.477 e. The first-order chi connectivity index (χ1) is 17.3. The molecule has 0 unspecified atom stereocenters. The van der Waals surface area contributed by atoms with Crippen molar-refractivity contribution in [3.63, 3.8) is 0 Å². The second-order valence-electron chi connectivity index (χ2n) is 8.40. The fraction of sp³-hybridized carbons (Fsp3) is 0.200. The Hall–Kier alpha value is -3.63. The lowest BCUT2D eigenvalue weighted by Crippen LogP contribution is -2.34. The van der Waals surface area contributed by atoms with Crippen LogP contribution in [-0.2, 0) is 0 Å². The Morgan fingerprint density at radius 1 is 1.28 bits per heavy atom. The third-order valence-electron chi connectivity index (χ3n) is 6.18. The molecule has 5 rings (SSSR count). The molecule has 1 aliphatic heterocycles. The molecule has 3 aromatic heterocycles. The number of benzene rings is 1. The minimum Gasteiger partial charge on any atom is -0.477 e. The maximum absolute atomic E-state index is 13.0. The number of ether oxygens (including phenoxy) is 1. The molecule has 1 saturated heterocycles. The van der Waals surface area contributed by atoms with E-state index in [1.165, 1.54) is 12.4 Å². The van der Waals surface area contributed by atoms with E-state index in [-0.39, 0.29) is 17.0 Å². The molecule has 1 aromatic carbocycles. The third-order valence-corrected chi connectivity index (χ3v) is 7.10. The average Bonchev–Trinajstić information content (AvgIpc) is 3.32. The van der Waals surface area contributed by atoms with Crippen LogP contribution >= 0.6 is 27.5 Å². The van der Waals surface area contributed by atoms with Crippen LogP contribution in [0.4, 0.5) is 11.5 Å². The zero-order valence-electron chi connectivity index (χ0n) is 18.9. The number of nitrogens with two attached hydrogens (primary N) is 1. The summed E-state index contributed by atoms with van der Waals surface area (Å²) in [5, 5.41) is 10.4. The molecule has 3 N–H and O–H groups in total. The van der Waals surface area contributed by atoms with Crippen molar-refractivity contribution in [2.75, 3.05) is 23.8 Å². The predicted octanol–water partition coefficient (Wildman–Crippen LogP) is 4.52. The third kappa shape index (κ3) is 4.49. The first-order valence-corrected chi connectivity index (χ1v) is 12.3. The van der Waals surface area contributed by atoms with Crippen LogP contribution in [0.25, 0.3) is 16.6 Å². The lowest BCUT2D eigenvalue weighted by atomic mass is 10.1. The number of anilines is 2. The highest BCUT2D eigenvalue weighted by molar-refractivity contribution is 9.10. The number of pyridine rings is 3. The van der Waals surface area contributed by atoms with Crippen molar-refractivity contribution in [1.29, 1.82) is 0 Å². The average molecular weight is 571 g/mol. The van der Waals surface area contributed by atoms with Crippen LogP contribution < -0.4 is 20.8 Å². The molecular weight excluding hydrogens is 550 g/mol. The maximum Gasteiger partial charge on any atom is 0.341 e. The summed E-state index contributed by atoms with van der Waals surface area (Å²) < 4.78 is 8.26. The van der Waals surface area contributed by atoms with Gasteiger partial charge in [0.05, 0.1) is 29.1 Å². The number of nitrogen functional groups attached to an aromatic ring is 1. The topological polar surface area (TPSA) is 124 Å². The van der Waals surface area contributed by atoms with Gasteiger partial charge in [-0.15, -0.1) is 0 Å². The number of fused-ring (bicyclic) bond motifs is 1. The number of hydrogen-bond acceptors (Lipinski definition) is 7. The molecule has 0 spiro atoms. The summed E-state index contributed by atoms with van der Waals surface area (Å²) in [6.07, 6.45) is 6.36. The van der Waals surface area contributed by atoms with Crippen molar-refractivity contribution >= 4 is 55.9 Å². The van der Waals surface area contributed by atoms with E-state index in [4.69, 9.17) is 22.1 Å². The molecular formula is C25H21BrClN5O4. The van der Waals surface area contributed by atoms with E-state index in [9.17, 15) is 14.7 Å². The Balaban J connectivity index is 1.59. The Labute approximate surface area is 219 Å². The van der Waals surface area contributed by atoms with E-state index < -0.39 is 11.4 Å². The first kappa shape index (κ1) is 24.1. The monoisotopic (exact) mass is 569 g/mol. The fourth-order valence-electron chi connectivity index (χ4n) is 4.44. The second kappa shape index (κ2) is 9.79. The molecule has 0 amide bonds. The maximum atomic E-state index is 13.0. The highest BCUT2D eigenvalue weighted by Gasteiger charge is 2.28. The standard InChI is InChI=1S/C25H21BrClN5O4/c26-18-9-16-20(32(12-17(23(16)33)25(34)35)14-5-6-22(28)30-11-14)10-21(18)31-8-2-3-15(31)13-36-24-19(27)4-1-7-29-24/h1,4-7,9-12,15H,2-3,8,13H2,(H2,28,30)(H,34,35)/t15-/m1/s1. The lowest BCUT2D eigenvalue weighted by Gasteiger charge is -2.28. The van der Waals surface area contributed by atoms with Crippen molar-refractivity contribution in [2.24, 2.45) is 0 Å². The zero-order valence-corrected chi connectivity index (χ0v) is 21.2. The molecule has 4 heterocycles. The van der Waals surface area contributed by atoms with E-state index in [2.05, 4.69) is 30.8 Å². The van der Waals surface area contributed by atoms with Gasteiger partial charge in [-0.05, 0) is 65.2 Å². The second-order valence-corrected chi connectivity index (χ2v) is 9.66. The highest BCUT2D eigenvalue weighted by Crippen LogP contribution is 2.36. The Bertz CT molecular complexity index is 1530. The van der Waals surface area contributed by atoms with Gasteiger partial charge in [0.2, 0.25) is 11.3 Å². The van der Waals surface area contributed by atoms with Crippen LogP contribution in [0.3, 0.4) is 0 Å². The van der Waals surface area contributed by atoms with Crippen LogP contribution in [0.1, 0.15) is 23.2 Å². The molecule has 1 atom stereocenters. The minimum atomic E-state index is -1.30. The summed E-state index contributed by atoms with van der Waals surface area (Å²) in [4.78, 5) is 35.4. The summed E-state index contributed by atoms with van der Waals surface area (Å²) in [7, 11) is 0. The number of carbonyl (C=O) groups is 1. The highest BCUT2D eigenvalue weighted by atomic mass is 79.9. The molecule has 0 bridgehead atoms. The normalized spacial score (nSPS) is 15.4. The number of aromatic carboxylic acids is 1. The van der Waals surface area contributed by atoms with Crippen molar-refractivity contribution in [1.82, 2.24) is 14.5 Å². The molecule has 184 valence electrons. The summed E-state index contributed by atoms with van der Waals surface area (Å²) in [6.45, 7) is 1.17. The van der Waals surface area contributed by atoms with E-state index in [0.29, 0.717) is 39.0 Å². The SMILES string of the molecule is Nc1ccc(-n2cc(C(=O)O)c(=O)c3cc(Br)c(N4CCC[C@@H]4COc4ncccc4Cl)cc32)cn1. The summed E-state index contributed by atoms with van der Waals surface area (Å²) in [6, 6.07) is 10.4. The predicted molar refractivity (Wildman–Crippen MR) is 142 cm³/mol. The molecule has 1 aliphatic rings. The summed E-state index contributed by atoms with van der Waals surface area (Å²) in [5.74, 6) is -0.586. The number of rotatable bonds is 6. The zero-order chi connectivity index (χ0) is 25.4. The first-order valence-electron chi connectivity index (χ1n) is 11.2. The van der Waals surface area contributed by atoms with Gasteiger partial charge in [0.1, 0.15) is 23.0 Å². The van der Waals surface area contributed by atoms with Gasteiger partial charge in [0, 0.05) is 28.8 Å². The molecule has 11 heteroatoms. The molecule has 4 aromatic rings. The lowest BCUT2D eigenvalue weighted by molar-refractivity contribution is 0.0695. The summed E-state index contributed by atoms with van der Waals surface area (Å²) in [5.41, 5.74) is 6.84. The van der Waals surface area contributed by atoms with Crippen LogP contribution in [-0.4, -0.2) is 44.8 Å².